The monoisotopic (exact) mass is 311 g/mol. The molecule has 0 bridgehead atoms. The number of hydrogen-bond donors (Lipinski definition) is 0. The minimum Gasteiger partial charge on any atom is -0.408 e. The lowest BCUT2D eigenvalue weighted by atomic mass is 9.84. The van der Waals surface area contributed by atoms with Gasteiger partial charge in [-0.3, -0.25) is 4.57 Å². The molecule has 0 unspecified atom stereocenters. The van der Waals surface area contributed by atoms with Crippen LogP contribution >= 0.6 is 15.9 Å². The van der Waals surface area contributed by atoms with Crippen LogP contribution in [0.4, 0.5) is 0 Å². The molecule has 1 heterocycles. The first kappa shape index (κ1) is 13.4. The van der Waals surface area contributed by atoms with Gasteiger partial charge in [0.15, 0.2) is 5.58 Å². The highest BCUT2D eigenvalue weighted by Crippen LogP contribution is 2.31. The summed E-state index contributed by atoms with van der Waals surface area (Å²) in [7, 11) is 0. The number of alkyl halides is 1. The van der Waals surface area contributed by atoms with Crippen LogP contribution in [0.2, 0.25) is 0 Å². The molecule has 0 aliphatic rings. The minimum absolute atomic E-state index is 0.108. The molecule has 0 saturated carbocycles. The summed E-state index contributed by atoms with van der Waals surface area (Å²) in [6.07, 6.45) is 2.06. The van der Waals surface area contributed by atoms with Crippen LogP contribution in [0.5, 0.6) is 0 Å². The molecule has 18 heavy (non-hydrogen) atoms. The second kappa shape index (κ2) is 5.31. The van der Waals surface area contributed by atoms with Gasteiger partial charge in [0.25, 0.3) is 0 Å². The molecule has 0 atom stereocenters. The van der Waals surface area contributed by atoms with Crippen molar-refractivity contribution in [2.24, 2.45) is 5.41 Å². The normalized spacial score (nSPS) is 12.2. The largest absolute Gasteiger partial charge is 0.419 e. The van der Waals surface area contributed by atoms with Crippen LogP contribution < -0.4 is 5.76 Å². The molecule has 0 N–H and O–H groups in total. The molecule has 2 rings (SSSR count). The first-order valence-electron chi connectivity index (χ1n) is 6.30. The third-order valence-corrected chi connectivity index (χ3v) is 5.04. The second-order valence-electron chi connectivity index (χ2n) is 4.76. The van der Waals surface area contributed by atoms with Crippen LogP contribution in [0.1, 0.15) is 26.7 Å². The molecule has 0 aliphatic carbocycles. The van der Waals surface area contributed by atoms with Gasteiger partial charge in [-0.05, 0) is 30.4 Å². The zero-order chi connectivity index (χ0) is 13.2. The number of rotatable bonds is 5. The van der Waals surface area contributed by atoms with Crippen LogP contribution in [-0.2, 0) is 6.54 Å². The molecule has 3 nitrogen and oxygen atoms in total. The maximum absolute atomic E-state index is 11.9. The topological polar surface area (TPSA) is 35.1 Å². The van der Waals surface area contributed by atoms with Gasteiger partial charge in [0.05, 0.1) is 5.52 Å². The number of oxazole rings is 1. The Hall–Kier alpha value is -1.03. The maximum atomic E-state index is 11.9. The summed E-state index contributed by atoms with van der Waals surface area (Å²) in [5, 5.41) is 0.888. The fourth-order valence-electron chi connectivity index (χ4n) is 2.20. The van der Waals surface area contributed by atoms with E-state index in [4.69, 9.17) is 4.42 Å². The van der Waals surface area contributed by atoms with Gasteiger partial charge < -0.3 is 4.42 Å². The molecule has 0 spiro atoms. The quantitative estimate of drug-likeness (QED) is 0.787. The molecule has 0 aliphatic heterocycles. The Morgan fingerprint density at radius 2 is 1.94 bits per heavy atom. The van der Waals surface area contributed by atoms with E-state index >= 15 is 0 Å². The lowest BCUT2D eigenvalue weighted by Gasteiger charge is -2.29. The molecule has 1 aromatic heterocycles. The lowest BCUT2D eigenvalue weighted by Crippen LogP contribution is -2.31. The zero-order valence-electron chi connectivity index (χ0n) is 10.8. The van der Waals surface area contributed by atoms with E-state index in [2.05, 4.69) is 29.8 Å². The summed E-state index contributed by atoms with van der Waals surface area (Å²) in [4.78, 5) is 11.9. The van der Waals surface area contributed by atoms with E-state index in [1.165, 1.54) is 0 Å². The average Bonchev–Trinajstić information content (AvgIpc) is 2.72. The van der Waals surface area contributed by atoms with Crippen molar-refractivity contribution in [1.82, 2.24) is 4.57 Å². The van der Waals surface area contributed by atoms with Crippen molar-refractivity contribution >= 4 is 27.0 Å². The van der Waals surface area contributed by atoms with Gasteiger partial charge >= 0.3 is 5.76 Å². The Balaban J connectivity index is 2.48. The summed E-state index contributed by atoms with van der Waals surface area (Å²) in [5.74, 6) is -0.261. The van der Waals surface area contributed by atoms with Gasteiger partial charge in [-0.15, -0.1) is 0 Å². The van der Waals surface area contributed by atoms with Crippen LogP contribution in [0, 0.1) is 5.41 Å². The highest BCUT2D eigenvalue weighted by atomic mass is 79.9. The molecule has 1 aromatic carbocycles. The first-order valence-corrected chi connectivity index (χ1v) is 7.42. The fraction of sp³-hybridized carbons (Fsp3) is 0.500. The van der Waals surface area contributed by atoms with E-state index in [1.54, 1.807) is 4.57 Å². The predicted molar refractivity (Wildman–Crippen MR) is 77.3 cm³/mol. The molecular formula is C14H18BrNO2. The van der Waals surface area contributed by atoms with Crippen molar-refractivity contribution in [2.45, 2.75) is 33.2 Å². The van der Waals surface area contributed by atoms with Crippen molar-refractivity contribution in [3.63, 3.8) is 0 Å². The maximum Gasteiger partial charge on any atom is 0.419 e. The Bertz CT molecular complexity index is 572. The SMILES string of the molecule is CCC(CC)(CBr)Cn1c(=O)oc2ccccc21. The van der Waals surface area contributed by atoms with Gasteiger partial charge in [-0.2, -0.15) is 0 Å². The molecule has 98 valence electrons. The lowest BCUT2D eigenvalue weighted by molar-refractivity contribution is 0.254. The van der Waals surface area contributed by atoms with Crippen LogP contribution in [0.15, 0.2) is 33.5 Å². The smallest absolute Gasteiger partial charge is 0.408 e. The fourth-order valence-corrected chi connectivity index (χ4v) is 3.17. The standard InChI is InChI=1S/C14H18BrNO2/c1-3-14(4-2,9-15)10-16-11-7-5-6-8-12(11)18-13(16)17/h5-8H,3-4,9-10H2,1-2H3. The third kappa shape index (κ3) is 2.26. The molecule has 0 saturated heterocycles. The minimum atomic E-state index is -0.261. The van der Waals surface area contributed by atoms with Gasteiger partial charge in [0, 0.05) is 11.9 Å². The highest BCUT2D eigenvalue weighted by Gasteiger charge is 2.27. The number of benzene rings is 1. The third-order valence-electron chi connectivity index (χ3n) is 3.85. The van der Waals surface area contributed by atoms with E-state index in [9.17, 15) is 4.79 Å². The Labute approximate surface area is 115 Å². The van der Waals surface area contributed by atoms with Crippen LogP contribution in [-0.4, -0.2) is 9.90 Å². The van der Waals surface area contributed by atoms with E-state index < -0.39 is 0 Å². The molecule has 0 radical (unpaired) electrons. The summed E-state index contributed by atoms with van der Waals surface area (Å²) < 4.78 is 7.02. The number of nitrogens with zero attached hydrogens (tertiary/aromatic N) is 1. The summed E-state index contributed by atoms with van der Waals surface area (Å²) in [5.41, 5.74) is 1.66. The summed E-state index contributed by atoms with van der Waals surface area (Å²) in [6, 6.07) is 7.58. The molecular weight excluding hydrogens is 294 g/mol. The molecule has 0 fully saturated rings. The number of halogens is 1. The van der Waals surface area contributed by atoms with Crippen molar-refractivity contribution in [3.05, 3.63) is 34.8 Å². The van der Waals surface area contributed by atoms with Crippen molar-refractivity contribution in [1.29, 1.82) is 0 Å². The number of hydrogen-bond acceptors (Lipinski definition) is 2. The van der Waals surface area contributed by atoms with E-state index in [0.29, 0.717) is 12.1 Å². The molecule has 2 aromatic rings. The number of para-hydroxylation sites is 2. The van der Waals surface area contributed by atoms with Gasteiger partial charge in [0.2, 0.25) is 0 Å². The number of fused-ring (bicyclic) bond motifs is 1. The Morgan fingerprint density at radius 3 is 2.56 bits per heavy atom. The summed E-state index contributed by atoms with van der Waals surface area (Å²) >= 11 is 3.58. The van der Waals surface area contributed by atoms with Crippen molar-refractivity contribution in [2.75, 3.05) is 5.33 Å². The second-order valence-corrected chi connectivity index (χ2v) is 5.32. The van der Waals surface area contributed by atoms with Gasteiger partial charge in [-0.25, -0.2) is 4.79 Å². The Morgan fingerprint density at radius 1 is 1.28 bits per heavy atom. The van der Waals surface area contributed by atoms with Crippen molar-refractivity contribution < 1.29 is 4.42 Å². The van der Waals surface area contributed by atoms with E-state index in [1.807, 2.05) is 24.3 Å². The van der Waals surface area contributed by atoms with Crippen LogP contribution in [0.3, 0.4) is 0 Å². The molecule has 4 heteroatoms. The van der Waals surface area contributed by atoms with Crippen LogP contribution in [0.25, 0.3) is 11.1 Å². The summed E-state index contributed by atoms with van der Waals surface area (Å²) in [6.45, 7) is 5.03. The first-order chi connectivity index (χ1) is 8.65. The van der Waals surface area contributed by atoms with E-state index in [-0.39, 0.29) is 11.2 Å². The van der Waals surface area contributed by atoms with E-state index in [0.717, 1.165) is 23.7 Å². The number of aromatic nitrogens is 1. The molecule has 0 amide bonds. The predicted octanol–water partition coefficient (Wildman–Crippen LogP) is 3.80. The highest BCUT2D eigenvalue weighted by molar-refractivity contribution is 9.09. The van der Waals surface area contributed by atoms with Gasteiger partial charge in [-0.1, -0.05) is 41.9 Å². The average molecular weight is 312 g/mol. The zero-order valence-corrected chi connectivity index (χ0v) is 12.4. The van der Waals surface area contributed by atoms with Gasteiger partial charge in [0.1, 0.15) is 0 Å². The Kier molecular flexibility index (Phi) is 3.95. The van der Waals surface area contributed by atoms with Crippen molar-refractivity contribution in [3.8, 4) is 0 Å².